The Labute approximate surface area is 179 Å². The van der Waals surface area contributed by atoms with Crippen molar-refractivity contribution >= 4 is 50.5 Å². The first-order chi connectivity index (χ1) is 13.2. The summed E-state index contributed by atoms with van der Waals surface area (Å²) >= 11 is 13.3. The monoisotopic (exact) mass is 461 g/mol. The minimum Gasteiger partial charge on any atom is -0.335 e. The number of rotatable bonds is 5. The van der Waals surface area contributed by atoms with Crippen molar-refractivity contribution in [3.05, 3.63) is 44.3 Å². The minimum absolute atomic E-state index is 0.0968. The number of halogens is 2. The van der Waals surface area contributed by atoms with Crippen LogP contribution in [0.1, 0.15) is 29.3 Å². The molecule has 0 saturated carbocycles. The summed E-state index contributed by atoms with van der Waals surface area (Å²) in [4.78, 5) is 18.8. The van der Waals surface area contributed by atoms with E-state index in [-0.39, 0.29) is 28.9 Å². The zero-order valence-electron chi connectivity index (χ0n) is 15.6. The van der Waals surface area contributed by atoms with Gasteiger partial charge in [0.15, 0.2) is 0 Å². The van der Waals surface area contributed by atoms with Gasteiger partial charge in [0.25, 0.3) is 5.91 Å². The first-order valence-corrected chi connectivity index (χ1v) is 11.9. The second-order valence-corrected chi connectivity index (χ2v) is 10.7. The highest BCUT2D eigenvalue weighted by atomic mass is 35.5. The fraction of sp³-hybridized carbons (Fsp3) is 0.444. The fourth-order valence-electron chi connectivity index (χ4n) is 2.93. The minimum atomic E-state index is -3.69. The van der Waals surface area contributed by atoms with Gasteiger partial charge in [0.2, 0.25) is 10.0 Å². The third-order valence-electron chi connectivity index (χ3n) is 4.41. The number of hydrogen-bond acceptors (Lipinski definition) is 5. The van der Waals surface area contributed by atoms with Crippen LogP contribution in [-0.2, 0) is 16.4 Å². The maximum absolute atomic E-state index is 12.8. The van der Waals surface area contributed by atoms with Crippen LogP contribution in [0.2, 0.25) is 10.0 Å². The molecule has 152 valence electrons. The number of carbonyl (C=O) groups excluding carboxylic acids is 1. The van der Waals surface area contributed by atoms with Crippen molar-refractivity contribution in [1.29, 1.82) is 0 Å². The second-order valence-electron chi connectivity index (χ2n) is 7.00. The van der Waals surface area contributed by atoms with Gasteiger partial charge in [-0.15, -0.1) is 11.3 Å². The Bertz CT molecular complexity index is 968. The lowest BCUT2D eigenvalue weighted by molar-refractivity contribution is 0.0692. The number of aromatic nitrogens is 1. The molecule has 3 rings (SSSR count). The van der Waals surface area contributed by atoms with E-state index >= 15 is 0 Å². The molecule has 0 N–H and O–H groups in total. The quantitative estimate of drug-likeness (QED) is 0.678. The summed E-state index contributed by atoms with van der Waals surface area (Å²) in [6.07, 6.45) is 0.841. The lowest BCUT2D eigenvalue weighted by atomic mass is 10.1. The van der Waals surface area contributed by atoms with E-state index in [0.29, 0.717) is 29.7 Å². The van der Waals surface area contributed by atoms with E-state index in [1.165, 1.54) is 33.8 Å². The van der Waals surface area contributed by atoms with Crippen molar-refractivity contribution < 1.29 is 13.2 Å². The molecule has 28 heavy (non-hydrogen) atoms. The predicted octanol–water partition coefficient (Wildman–Crippen LogP) is 3.80. The molecule has 0 atom stereocenters. The smallest absolute Gasteiger partial charge is 0.273 e. The molecule has 2 heterocycles. The fourth-order valence-corrected chi connectivity index (χ4v) is 5.73. The number of piperazine rings is 1. The van der Waals surface area contributed by atoms with E-state index in [0.717, 1.165) is 11.4 Å². The zero-order chi connectivity index (χ0) is 20.5. The molecule has 6 nitrogen and oxygen atoms in total. The van der Waals surface area contributed by atoms with E-state index in [1.54, 1.807) is 10.3 Å². The first-order valence-electron chi connectivity index (χ1n) is 8.87. The van der Waals surface area contributed by atoms with Crippen LogP contribution in [-0.4, -0.2) is 54.7 Å². The van der Waals surface area contributed by atoms with Crippen molar-refractivity contribution in [2.45, 2.75) is 25.2 Å². The SMILES string of the molecule is CC(C)Cc1nc(C(=O)N2CCN(S(=O)(=O)c3ccc(Cl)c(Cl)c3)CC2)cs1. The summed E-state index contributed by atoms with van der Waals surface area (Å²) in [5.74, 6) is 0.321. The molecule has 1 aromatic carbocycles. The van der Waals surface area contributed by atoms with E-state index < -0.39 is 10.0 Å². The van der Waals surface area contributed by atoms with Gasteiger partial charge < -0.3 is 4.90 Å². The molecule has 0 spiro atoms. The summed E-state index contributed by atoms with van der Waals surface area (Å²) in [5, 5.41) is 3.21. The van der Waals surface area contributed by atoms with Crippen LogP contribution in [0.15, 0.2) is 28.5 Å². The molecule has 1 amide bonds. The Morgan fingerprint density at radius 3 is 2.46 bits per heavy atom. The summed E-state index contributed by atoms with van der Waals surface area (Å²) in [6.45, 7) is 5.29. The van der Waals surface area contributed by atoms with E-state index in [2.05, 4.69) is 18.8 Å². The van der Waals surface area contributed by atoms with Crippen LogP contribution in [0.3, 0.4) is 0 Å². The molecule has 0 radical (unpaired) electrons. The van der Waals surface area contributed by atoms with Crippen molar-refractivity contribution in [3.8, 4) is 0 Å². The highest BCUT2D eigenvalue weighted by Gasteiger charge is 2.31. The van der Waals surface area contributed by atoms with Gasteiger partial charge in [-0.25, -0.2) is 13.4 Å². The lowest BCUT2D eigenvalue weighted by Crippen LogP contribution is -2.50. The third-order valence-corrected chi connectivity index (χ3v) is 7.91. The van der Waals surface area contributed by atoms with Gasteiger partial charge in [0.1, 0.15) is 5.69 Å². The zero-order valence-corrected chi connectivity index (χ0v) is 18.7. The highest BCUT2D eigenvalue weighted by molar-refractivity contribution is 7.89. The largest absolute Gasteiger partial charge is 0.335 e. The van der Waals surface area contributed by atoms with E-state index in [1.807, 2.05) is 0 Å². The number of nitrogens with zero attached hydrogens (tertiary/aromatic N) is 3. The Morgan fingerprint density at radius 1 is 1.18 bits per heavy atom. The Hall–Kier alpha value is -1.19. The van der Waals surface area contributed by atoms with Gasteiger partial charge in [0, 0.05) is 38.0 Å². The molecule has 0 bridgehead atoms. The average molecular weight is 462 g/mol. The Kier molecular flexibility index (Phi) is 6.66. The molecule has 1 fully saturated rings. The van der Waals surface area contributed by atoms with Gasteiger partial charge in [-0.3, -0.25) is 4.79 Å². The number of benzene rings is 1. The molecule has 0 aliphatic carbocycles. The molecule has 1 aromatic heterocycles. The van der Waals surface area contributed by atoms with Crippen LogP contribution >= 0.6 is 34.5 Å². The van der Waals surface area contributed by atoms with E-state index in [4.69, 9.17) is 23.2 Å². The van der Waals surface area contributed by atoms with Gasteiger partial charge in [-0.1, -0.05) is 37.0 Å². The summed E-state index contributed by atoms with van der Waals surface area (Å²) in [7, 11) is -3.69. The molecule has 1 aliphatic rings. The normalized spacial score (nSPS) is 16.0. The van der Waals surface area contributed by atoms with Gasteiger partial charge in [-0.2, -0.15) is 4.31 Å². The van der Waals surface area contributed by atoms with Crippen molar-refractivity contribution in [2.75, 3.05) is 26.2 Å². The number of carbonyl (C=O) groups is 1. The van der Waals surface area contributed by atoms with Gasteiger partial charge in [0.05, 0.1) is 19.9 Å². The number of hydrogen-bond donors (Lipinski definition) is 0. The van der Waals surface area contributed by atoms with Crippen LogP contribution in [0.4, 0.5) is 0 Å². The topological polar surface area (TPSA) is 70.6 Å². The predicted molar refractivity (Wildman–Crippen MR) is 112 cm³/mol. The number of amides is 1. The summed E-state index contributed by atoms with van der Waals surface area (Å²) < 4.78 is 27.0. The lowest BCUT2D eigenvalue weighted by Gasteiger charge is -2.33. The standard InChI is InChI=1S/C18H21Cl2N3O3S2/c1-12(2)9-17-21-16(11-27-17)18(24)22-5-7-23(8-6-22)28(25,26)13-3-4-14(19)15(20)10-13/h3-4,10-12H,5-9H2,1-2H3. The third kappa shape index (κ3) is 4.68. The first kappa shape index (κ1) is 21.5. The summed E-state index contributed by atoms with van der Waals surface area (Å²) in [5.41, 5.74) is 0.432. The van der Waals surface area contributed by atoms with Crippen molar-refractivity contribution in [2.24, 2.45) is 5.92 Å². The summed E-state index contributed by atoms with van der Waals surface area (Å²) in [6, 6.07) is 4.25. The van der Waals surface area contributed by atoms with Crippen LogP contribution in [0.25, 0.3) is 0 Å². The number of sulfonamides is 1. The van der Waals surface area contributed by atoms with Crippen LogP contribution in [0.5, 0.6) is 0 Å². The molecule has 0 unspecified atom stereocenters. The highest BCUT2D eigenvalue weighted by Crippen LogP contribution is 2.27. The number of thiazole rings is 1. The second kappa shape index (κ2) is 8.67. The van der Waals surface area contributed by atoms with Crippen LogP contribution < -0.4 is 0 Å². The maximum Gasteiger partial charge on any atom is 0.273 e. The molecule has 1 aliphatic heterocycles. The molecule has 2 aromatic rings. The van der Waals surface area contributed by atoms with Crippen LogP contribution in [0, 0.1) is 5.92 Å². The molecular weight excluding hydrogens is 441 g/mol. The Balaban J connectivity index is 1.65. The maximum atomic E-state index is 12.8. The molecule has 10 heteroatoms. The van der Waals surface area contributed by atoms with E-state index in [9.17, 15) is 13.2 Å². The molecular formula is C18H21Cl2N3O3S2. The molecule has 1 saturated heterocycles. The average Bonchev–Trinajstić information content (AvgIpc) is 3.11. The van der Waals surface area contributed by atoms with Crippen molar-refractivity contribution in [3.63, 3.8) is 0 Å². The van der Waals surface area contributed by atoms with Gasteiger partial charge >= 0.3 is 0 Å². The Morgan fingerprint density at radius 2 is 1.86 bits per heavy atom. The van der Waals surface area contributed by atoms with Crippen molar-refractivity contribution in [1.82, 2.24) is 14.2 Å². The van der Waals surface area contributed by atoms with Gasteiger partial charge in [-0.05, 0) is 24.1 Å².